The molecule has 1 aromatic carbocycles. The standard InChI is InChI=1S/C14H15N3O3/c1-8-4-5-10(6-11(8)14(19)20)16-13(18)12-7-15-17(3)9(12)2/h4-7H,1-3H3,(H,16,18)(H,19,20). The molecule has 2 N–H and O–H groups in total. The summed E-state index contributed by atoms with van der Waals surface area (Å²) in [5, 5.41) is 15.7. The van der Waals surface area contributed by atoms with Crippen molar-refractivity contribution >= 4 is 17.6 Å². The van der Waals surface area contributed by atoms with Gasteiger partial charge in [-0.15, -0.1) is 0 Å². The van der Waals surface area contributed by atoms with E-state index >= 15 is 0 Å². The Balaban J connectivity index is 2.26. The minimum absolute atomic E-state index is 0.172. The number of amides is 1. The highest BCUT2D eigenvalue weighted by Gasteiger charge is 2.14. The van der Waals surface area contributed by atoms with Crippen LogP contribution in [0.2, 0.25) is 0 Å². The maximum Gasteiger partial charge on any atom is 0.336 e. The Morgan fingerprint density at radius 1 is 1.25 bits per heavy atom. The molecular formula is C14H15N3O3. The second-order valence-electron chi connectivity index (χ2n) is 4.56. The van der Waals surface area contributed by atoms with Crippen molar-refractivity contribution in [2.24, 2.45) is 7.05 Å². The summed E-state index contributed by atoms with van der Waals surface area (Å²) in [6, 6.07) is 4.78. The summed E-state index contributed by atoms with van der Waals surface area (Å²) >= 11 is 0. The number of nitrogens with zero attached hydrogens (tertiary/aromatic N) is 2. The lowest BCUT2D eigenvalue weighted by atomic mass is 10.1. The first-order chi connectivity index (χ1) is 9.40. The van der Waals surface area contributed by atoms with Gasteiger partial charge in [0.1, 0.15) is 0 Å². The zero-order valence-corrected chi connectivity index (χ0v) is 11.5. The summed E-state index contributed by atoms with van der Waals surface area (Å²) in [5.74, 6) is -1.33. The van der Waals surface area contributed by atoms with E-state index in [1.54, 1.807) is 37.7 Å². The Morgan fingerprint density at radius 2 is 1.95 bits per heavy atom. The number of carboxylic acid groups (broad SMARTS) is 1. The van der Waals surface area contributed by atoms with Crippen LogP contribution in [-0.4, -0.2) is 26.8 Å². The van der Waals surface area contributed by atoms with E-state index in [0.29, 0.717) is 16.8 Å². The van der Waals surface area contributed by atoms with Gasteiger partial charge in [0.05, 0.1) is 17.3 Å². The first kappa shape index (κ1) is 13.8. The maximum atomic E-state index is 12.1. The minimum atomic E-state index is -1.02. The Kier molecular flexibility index (Phi) is 3.56. The largest absolute Gasteiger partial charge is 0.478 e. The van der Waals surface area contributed by atoms with E-state index in [9.17, 15) is 9.59 Å². The summed E-state index contributed by atoms with van der Waals surface area (Å²) in [6.07, 6.45) is 1.48. The van der Waals surface area contributed by atoms with Crippen molar-refractivity contribution in [2.75, 3.05) is 5.32 Å². The smallest absolute Gasteiger partial charge is 0.336 e. The Morgan fingerprint density at radius 3 is 2.50 bits per heavy atom. The maximum absolute atomic E-state index is 12.1. The molecule has 0 atom stereocenters. The van der Waals surface area contributed by atoms with Crippen molar-refractivity contribution in [1.82, 2.24) is 9.78 Å². The lowest BCUT2D eigenvalue weighted by molar-refractivity contribution is 0.0695. The molecule has 2 rings (SSSR count). The average Bonchev–Trinajstić information content (AvgIpc) is 2.72. The Bertz CT molecular complexity index is 689. The number of carboxylic acids is 1. The number of carbonyl (C=O) groups excluding carboxylic acids is 1. The highest BCUT2D eigenvalue weighted by molar-refractivity contribution is 6.05. The number of benzene rings is 1. The highest BCUT2D eigenvalue weighted by Crippen LogP contribution is 2.17. The number of hydrogen-bond donors (Lipinski definition) is 2. The van der Waals surface area contributed by atoms with Crippen LogP contribution in [0.1, 0.15) is 32.0 Å². The van der Waals surface area contributed by atoms with Crippen molar-refractivity contribution in [3.8, 4) is 0 Å². The minimum Gasteiger partial charge on any atom is -0.478 e. The van der Waals surface area contributed by atoms with Gasteiger partial charge in [-0.2, -0.15) is 5.10 Å². The third-order valence-electron chi connectivity index (χ3n) is 3.21. The van der Waals surface area contributed by atoms with Crippen LogP contribution in [-0.2, 0) is 7.05 Å². The van der Waals surface area contributed by atoms with Crippen LogP contribution < -0.4 is 5.32 Å². The fourth-order valence-electron chi connectivity index (χ4n) is 1.85. The molecule has 0 saturated heterocycles. The molecule has 0 saturated carbocycles. The summed E-state index contributed by atoms with van der Waals surface area (Å²) in [7, 11) is 1.75. The number of aromatic carboxylic acids is 1. The van der Waals surface area contributed by atoms with Gasteiger partial charge in [-0.05, 0) is 31.5 Å². The monoisotopic (exact) mass is 273 g/mol. The van der Waals surface area contributed by atoms with Crippen LogP contribution in [0, 0.1) is 13.8 Å². The van der Waals surface area contributed by atoms with E-state index < -0.39 is 5.97 Å². The molecule has 0 unspecified atom stereocenters. The third-order valence-corrected chi connectivity index (χ3v) is 3.21. The number of rotatable bonds is 3. The van der Waals surface area contributed by atoms with Crippen molar-refractivity contribution in [3.05, 3.63) is 46.8 Å². The summed E-state index contributed by atoms with van der Waals surface area (Å²) in [5.41, 5.74) is 2.47. The van der Waals surface area contributed by atoms with Gasteiger partial charge in [-0.25, -0.2) is 4.79 Å². The molecule has 0 aliphatic heterocycles. The fourth-order valence-corrected chi connectivity index (χ4v) is 1.85. The molecular weight excluding hydrogens is 258 g/mol. The molecule has 2 aromatic rings. The molecule has 0 spiro atoms. The van der Waals surface area contributed by atoms with Crippen molar-refractivity contribution in [3.63, 3.8) is 0 Å². The molecule has 0 fully saturated rings. The van der Waals surface area contributed by atoms with Gasteiger partial charge in [0.25, 0.3) is 5.91 Å². The molecule has 0 aliphatic carbocycles. The van der Waals surface area contributed by atoms with Gasteiger partial charge in [0.2, 0.25) is 0 Å². The van der Waals surface area contributed by atoms with Crippen LogP contribution in [0.3, 0.4) is 0 Å². The topological polar surface area (TPSA) is 84.2 Å². The van der Waals surface area contributed by atoms with E-state index in [-0.39, 0.29) is 11.5 Å². The van der Waals surface area contributed by atoms with E-state index in [0.717, 1.165) is 5.69 Å². The zero-order valence-electron chi connectivity index (χ0n) is 11.5. The third kappa shape index (κ3) is 2.54. The van der Waals surface area contributed by atoms with E-state index in [2.05, 4.69) is 10.4 Å². The van der Waals surface area contributed by atoms with E-state index in [1.807, 2.05) is 0 Å². The lowest BCUT2D eigenvalue weighted by Gasteiger charge is -2.07. The second-order valence-corrected chi connectivity index (χ2v) is 4.56. The molecule has 0 bridgehead atoms. The van der Waals surface area contributed by atoms with Crippen LogP contribution >= 0.6 is 0 Å². The van der Waals surface area contributed by atoms with Gasteiger partial charge < -0.3 is 10.4 Å². The lowest BCUT2D eigenvalue weighted by Crippen LogP contribution is -2.13. The second kappa shape index (κ2) is 5.16. The highest BCUT2D eigenvalue weighted by atomic mass is 16.4. The number of hydrogen-bond acceptors (Lipinski definition) is 3. The van der Waals surface area contributed by atoms with Crippen molar-refractivity contribution in [1.29, 1.82) is 0 Å². The van der Waals surface area contributed by atoms with Crippen LogP contribution in [0.5, 0.6) is 0 Å². The molecule has 1 heterocycles. The molecule has 1 amide bonds. The summed E-state index contributed by atoms with van der Waals surface area (Å²) in [6.45, 7) is 3.50. The van der Waals surface area contributed by atoms with Crippen LogP contribution in [0.25, 0.3) is 0 Å². The van der Waals surface area contributed by atoms with Crippen LogP contribution in [0.4, 0.5) is 5.69 Å². The average molecular weight is 273 g/mol. The van der Waals surface area contributed by atoms with E-state index in [1.165, 1.54) is 12.3 Å². The van der Waals surface area contributed by atoms with Gasteiger partial charge in [-0.3, -0.25) is 9.48 Å². The molecule has 6 heteroatoms. The predicted octanol–water partition coefficient (Wildman–Crippen LogP) is 1.99. The summed E-state index contributed by atoms with van der Waals surface area (Å²) < 4.78 is 1.60. The number of carbonyl (C=O) groups is 2. The SMILES string of the molecule is Cc1ccc(NC(=O)c2cnn(C)c2C)cc1C(=O)O. The fraction of sp³-hybridized carbons (Fsp3) is 0.214. The number of aromatic nitrogens is 2. The predicted molar refractivity (Wildman–Crippen MR) is 74.0 cm³/mol. The van der Waals surface area contributed by atoms with E-state index in [4.69, 9.17) is 5.11 Å². The van der Waals surface area contributed by atoms with Gasteiger partial charge >= 0.3 is 5.97 Å². The van der Waals surface area contributed by atoms with Crippen LogP contribution in [0.15, 0.2) is 24.4 Å². The first-order valence-corrected chi connectivity index (χ1v) is 6.04. The molecule has 0 radical (unpaired) electrons. The van der Waals surface area contributed by atoms with Gasteiger partial charge in [-0.1, -0.05) is 6.07 Å². The number of anilines is 1. The molecule has 1 aromatic heterocycles. The quantitative estimate of drug-likeness (QED) is 0.895. The van der Waals surface area contributed by atoms with Gasteiger partial charge in [0.15, 0.2) is 0 Å². The van der Waals surface area contributed by atoms with Gasteiger partial charge in [0, 0.05) is 18.4 Å². The number of aryl methyl sites for hydroxylation is 2. The Labute approximate surface area is 116 Å². The van der Waals surface area contributed by atoms with Crippen molar-refractivity contribution < 1.29 is 14.7 Å². The molecule has 104 valence electrons. The first-order valence-electron chi connectivity index (χ1n) is 6.04. The summed E-state index contributed by atoms with van der Waals surface area (Å²) in [4.78, 5) is 23.2. The molecule has 20 heavy (non-hydrogen) atoms. The molecule has 0 aliphatic rings. The zero-order chi connectivity index (χ0) is 14.9. The number of nitrogens with one attached hydrogen (secondary N) is 1. The normalized spacial score (nSPS) is 10.3. The molecule has 6 nitrogen and oxygen atoms in total. The van der Waals surface area contributed by atoms with Crippen molar-refractivity contribution in [2.45, 2.75) is 13.8 Å². The Hall–Kier alpha value is -2.63.